The summed E-state index contributed by atoms with van der Waals surface area (Å²) in [4.78, 5) is 37.4. The highest BCUT2D eigenvalue weighted by molar-refractivity contribution is 5.71. The van der Waals surface area contributed by atoms with Crippen LogP contribution in [-0.2, 0) is 33.3 Å². The fraction of sp³-hybridized carbons (Fsp3) is 0.698. The van der Waals surface area contributed by atoms with Crippen molar-refractivity contribution in [2.45, 2.75) is 238 Å². The summed E-state index contributed by atoms with van der Waals surface area (Å²) in [5, 5.41) is 9.70. The van der Waals surface area contributed by atoms with E-state index in [-0.39, 0.29) is 32.2 Å². The summed E-state index contributed by atoms with van der Waals surface area (Å²) in [7, 11) is 5.95. The number of likely N-dealkylation sites (N-methyl/N-ethyl adjacent to an activating group) is 1. The topological polar surface area (TPSA) is 108 Å². The van der Waals surface area contributed by atoms with Crippen molar-refractivity contribution in [1.29, 1.82) is 0 Å². The second kappa shape index (κ2) is 53.5. The van der Waals surface area contributed by atoms with E-state index in [0.29, 0.717) is 23.9 Å². The molecular formula is C63H108NO8+. The summed E-state index contributed by atoms with van der Waals surface area (Å²) >= 11 is 0. The van der Waals surface area contributed by atoms with E-state index in [2.05, 4.69) is 111 Å². The van der Waals surface area contributed by atoms with E-state index in [1.54, 1.807) is 0 Å². The molecule has 0 aromatic heterocycles. The maximum Gasteiger partial charge on any atom is 0.361 e. The molecule has 0 heterocycles. The minimum atomic E-state index is -1.53. The number of quaternary nitrogens is 1. The van der Waals surface area contributed by atoms with Crippen LogP contribution < -0.4 is 0 Å². The zero-order chi connectivity index (χ0) is 52.7. The van der Waals surface area contributed by atoms with Crippen LogP contribution >= 0.6 is 0 Å². The molecule has 0 fully saturated rings. The van der Waals surface area contributed by atoms with Crippen molar-refractivity contribution in [3.8, 4) is 0 Å². The Balaban J connectivity index is 4.37. The van der Waals surface area contributed by atoms with Gasteiger partial charge in [0.2, 0.25) is 0 Å². The van der Waals surface area contributed by atoms with Gasteiger partial charge in [0.05, 0.1) is 34.4 Å². The lowest BCUT2D eigenvalue weighted by molar-refractivity contribution is -0.870. The van der Waals surface area contributed by atoms with Crippen molar-refractivity contribution in [3.05, 3.63) is 97.2 Å². The standard InChI is InChI=1S/C63H107NO8/c1-6-8-10-12-14-16-18-20-22-24-26-28-29-30-31-32-33-34-36-38-40-42-44-46-48-50-52-54-61(66)72-59(58-71-63(62(67)68)69-56-55-64(3,4)5)57-70-60(65)53-51-49-47-45-43-41-39-37-35-27-25-23-21-19-17-15-13-11-9-7-2/h8,10,14,16,20,22,26,28,30-31,33-34,38,40,44,46,59,63H,6-7,9,11-13,15,17-19,21,23-25,27,29,32,35-37,39,41-43,45,47-58H2,1-5H3/p+1/b10-8-,16-14-,22-20-,28-26-,31-30-,34-33-,40-38-,46-44-. The maximum absolute atomic E-state index is 12.9. The van der Waals surface area contributed by atoms with Crippen LogP contribution in [0.25, 0.3) is 0 Å². The number of unbranched alkanes of at least 4 members (excludes halogenated alkanes) is 21. The Kier molecular flexibility index (Phi) is 50.7. The number of carboxylic acids is 1. The van der Waals surface area contributed by atoms with Gasteiger partial charge in [-0.3, -0.25) is 9.59 Å². The molecule has 2 unspecified atom stereocenters. The molecule has 0 aliphatic rings. The molecule has 0 aromatic rings. The molecule has 0 bridgehead atoms. The lowest BCUT2D eigenvalue weighted by atomic mass is 10.0. The van der Waals surface area contributed by atoms with Crippen LogP contribution in [0.1, 0.15) is 226 Å². The van der Waals surface area contributed by atoms with E-state index in [0.717, 1.165) is 83.5 Å². The van der Waals surface area contributed by atoms with Gasteiger partial charge in [-0.25, -0.2) is 4.79 Å². The zero-order valence-electron chi connectivity index (χ0n) is 46.8. The first kappa shape index (κ1) is 68.2. The molecule has 0 amide bonds. The minimum absolute atomic E-state index is 0.175. The quantitative estimate of drug-likeness (QED) is 0.0211. The Bertz CT molecular complexity index is 1500. The Morgan fingerprint density at radius 2 is 0.792 bits per heavy atom. The lowest BCUT2D eigenvalue weighted by Gasteiger charge is -2.25. The Morgan fingerprint density at radius 1 is 0.431 bits per heavy atom. The molecule has 0 rings (SSSR count). The normalized spacial score (nSPS) is 13.5. The average molecular weight is 1010 g/mol. The van der Waals surface area contributed by atoms with Crippen molar-refractivity contribution in [1.82, 2.24) is 0 Å². The predicted molar refractivity (Wildman–Crippen MR) is 304 cm³/mol. The third-order valence-electron chi connectivity index (χ3n) is 12.1. The van der Waals surface area contributed by atoms with E-state index in [1.165, 1.54) is 109 Å². The summed E-state index contributed by atoms with van der Waals surface area (Å²) in [6.07, 6.45) is 69.1. The fourth-order valence-corrected chi connectivity index (χ4v) is 7.68. The van der Waals surface area contributed by atoms with Gasteiger partial charge in [-0.15, -0.1) is 0 Å². The fourth-order valence-electron chi connectivity index (χ4n) is 7.68. The molecule has 0 aromatic carbocycles. The molecule has 412 valence electrons. The first-order valence-electron chi connectivity index (χ1n) is 28.9. The zero-order valence-corrected chi connectivity index (χ0v) is 46.8. The molecule has 9 nitrogen and oxygen atoms in total. The van der Waals surface area contributed by atoms with Gasteiger partial charge >= 0.3 is 17.9 Å². The highest BCUT2D eigenvalue weighted by atomic mass is 16.7. The summed E-state index contributed by atoms with van der Waals surface area (Å²) in [6.45, 7) is 4.72. The van der Waals surface area contributed by atoms with E-state index < -0.39 is 24.3 Å². The molecule has 0 aliphatic heterocycles. The molecule has 0 radical (unpaired) electrons. The number of rotatable bonds is 52. The van der Waals surface area contributed by atoms with Crippen LogP contribution in [0.4, 0.5) is 0 Å². The highest BCUT2D eigenvalue weighted by Gasteiger charge is 2.25. The largest absolute Gasteiger partial charge is 0.477 e. The number of carboxylic acid groups (broad SMARTS) is 1. The number of aliphatic carboxylic acids is 1. The van der Waals surface area contributed by atoms with Crippen LogP contribution in [0, 0.1) is 0 Å². The van der Waals surface area contributed by atoms with Crippen molar-refractivity contribution in [2.24, 2.45) is 0 Å². The van der Waals surface area contributed by atoms with E-state index in [9.17, 15) is 19.5 Å². The number of hydrogen-bond donors (Lipinski definition) is 1. The molecule has 9 heteroatoms. The first-order valence-corrected chi connectivity index (χ1v) is 28.9. The molecule has 2 atom stereocenters. The molecule has 72 heavy (non-hydrogen) atoms. The van der Waals surface area contributed by atoms with Gasteiger partial charge in [0, 0.05) is 12.8 Å². The number of hydrogen-bond acceptors (Lipinski definition) is 7. The summed E-state index contributed by atoms with van der Waals surface area (Å²) in [5.74, 6) is -2.07. The number of carbonyl (C=O) groups excluding carboxylic acids is 2. The highest BCUT2D eigenvalue weighted by Crippen LogP contribution is 2.16. The van der Waals surface area contributed by atoms with E-state index >= 15 is 0 Å². The van der Waals surface area contributed by atoms with Crippen molar-refractivity contribution >= 4 is 17.9 Å². The number of carbonyl (C=O) groups is 3. The summed E-state index contributed by atoms with van der Waals surface area (Å²) in [5.41, 5.74) is 0. The number of esters is 2. The van der Waals surface area contributed by atoms with Crippen LogP contribution in [-0.4, -0.2) is 87.4 Å². The third-order valence-corrected chi connectivity index (χ3v) is 12.1. The molecule has 1 N–H and O–H groups in total. The van der Waals surface area contributed by atoms with Gasteiger partial charge in [-0.2, -0.15) is 0 Å². The molecule has 0 aliphatic carbocycles. The van der Waals surface area contributed by atoms with Crippen LogP contribution in [0.15, 0.2) is 97.2 Å². The monoisotopic (exact) mass is 1010 g/mol. The number of ether oxygens (including phenoxy) is 4. The van der Waals surface area contributed by atoms with E-state index in [1.807, 2.05) is 21.1 Å². The Morgan fingerprint density at radius 3 is 1.18 bits per heavy atom. The number of allylic oxidation sites excluding steroid dienone is 16. The van der Waals surface area contributed by atoms with Gasteiger partial charge in [0.1, 0.15) is 13.2 Å². The molecule has 0 spiro atoms. The molecular weight excluding hydrogens is 899 g/mol. The lowest BCUT2D eigenvalue weighted by Crippen LogP contribution is -2.40. The summed E-state index contributed by atoms with van der Waals surface area (Å²) in [6, 6.07) is 0. The molecule has 0 saturated carbocycles. The van der Waals surface area contributed by atoms with Gasteiger partial charge in [0.25, 0.3) is 6.29 Å². The SMILES string of the molecule is CC/C=C\C/C=C\C/C=C\C/C=C\C/C=C\C/C=C\C/C=C\C/C=C\CCCCC(=O)OC(COC(=O)CCCCCCCCCCCCCCCCCCCCCC)COC(OCC[N+](C)(C)C)C(=O)O. The maximum atomic E-state index is 12.9. The molecule has 0 saturated heterocycles. The Hall–Kier alpha value is -3.79. The van der Waals surface area contributed by atoms with Gasteiger partial charge < -0.3 is 28.5 Å². The first-order chi connectivity index (χ1) is 35.1. The smallest absolute Gasteiger partial charge is 0.361 e. The van der Waals surface area contributed by atoms with Crippen LogP contribution in [0.5, 0.6) is 0 Å². The van der Waals surface area contributed by atoms with Crippen LogP contribution in [0.2, 0.25) is 0 Å². The second-order valence-electron chi connectivity index (χ2n) is 20.2. The van der Waals surface area contributed by atoms with E-state index in [4.69, 9.17) is 18.9 Å². The van der Waals surface area contributed by atoms with Gasteiger partial charge in [0.15, 0.2) is 6.10 Å². The Labute approximate surface area is 442 Å². The van der Waals surface area contributed by atoms with Gasteiger partial charge in [-0.05, 0) is 77.0 Å². The van der Waals surface area contributed by atoms with Gasteiger partial charge in [-0.1, -0.05) is 233 Å². The summed E-state index contributed by atoms with van der Waals surface area (Å²) < 4.78 is 22.8. The van der Waals surface area contributed by atoms with Crippen molar-refractivity contribution < 1.29 is 42.9 Å². The average Bonchev–Trinajstić information content (AvgIpc) is 3.35. The second-order valence-corrected chi connectivity index (χ2v) is 20.2. The number of nitrogens with zero attached hydrogens (tertiary/aromatic N) is 1. The predicted octanol–water partition coefficient (Wildman–Crippen LogP) is 17.0. The third kappa shape index (κ3) is 54.0. The minimum Gasteiger partial charge on any atom is -0.477 e. The van der Waals surface area contributed by atoms with Crippen molar-refractivity contribution in [2.75, 3.05) is 47.5 Å². The van der Waals surface area contributed by atoms with Crippen molar-refractivity contribution in [3.63, 3.8) is 0 Å². The van der Waals surface area contributed by atoms with Crippen LogP contribution in [0.3, 0.4) is 0 Å².